The number of rotatable bonds is 2. The van der Waals surface area contributed by atoms with Crippen molar-refractivity contribution in [3.8, 4) is 0 Å². The van der Waals surface area contributed by atoms with Gasteiger partial charge in [0.25, 0.3) is 5.91 Å². The summed E-state index contributed by atoms with van der Waals surface area (Å²) in [6, 6.07) is 10.3. The molecule has 122 valence electrons. The third-order valence-corrected chi connectivity index (χ3v) is 4.82. The van der Waals surface area contributed by atoms with E-state index in [1.165, 1.54) is 30.0 Å². The highest BCUT2D eigenvalue weighted by Crippen LogP contribution is 2.32. The average molecular weight is 361 g/mol. The first-order valence-electron chi connectivity index (χ1n) is 7.25. The number of para-hydroxylation sites is 1. The fourth-order valence-corrected chi connectivity index (χ4v) is 3.37. The van der Waals surface area contributed by atoms with Crippen LogP contribution in [0.1, 0.15) is 16.7 Å². The number of halogens is 2. The molecule has 0 radical (unpaired) electrons. The van der Waals surface area contributed by atoms with Gasteiger partial charge in [-0.15, -0.1) is 0 Å². The Labute approximate surface area is 148 Å². The van der Waals surface area contributed by atoms with Crippen molar-refractivity contribution in [2.45, 2.75) is 13.8 Å². The summed E-state index contributed by atoms with van der Waals surface area (Å²) in [6.45, 7) is 3.92. The zero-order chi connectivity index (χ0) is 17.3. The van der Waals surface area contributed by atoms with Crippen LogP contribution in [0.3, 0.4) is 0 Å². The lowest BCUT2D eigenvalue weighted by atomic mass is 10.1. The van der Waals surface area contributed by atoms with E-state index in [2.05, 4.69) is 10.3 Å². The van der Waals surface area contributed by atoms with E-state index in [9.17, 15) is 9.18 Å². The minimum Gasteiger partial charge on any atom is -0.300 e. The van der Waals surface area contributed by atoms with Gasteiger partial charge in [0.1, 0.15) is 5.82 Å². The lowest BCUT2D eigenvalue weighted by Crippen LogP contribution is -2.19. The van der Waals surface area contributed by atoms with Crippen LogP contribution in [0.15, 0.2) is 46.3 Å². The number of carbonyl (C=O) groups is 1. The predicted molar refractivity (Wildman–Crippen MR) is 98.1 cm³/mol. The Hall–Kier alpha value is -2.11. The summed E-state index contributed by atoms with van der Waals surface area (Å²) in [5.74, 6) is -0.784. The largest absolute Gasteiger partial charge is 0.300 e. The molecule has 2 aromatic carbocycles. The van der Waals surface area contributed by atoms with E-state index < -0.39 is 5.82 Å². The van der Waals surface area contributed by atoms with Gasteiger partial charge in [-0.25, -0.2) is 9.38 Å². The van der Waals surface area contributed by atoms with Crippen molar-refractivity contribution in [3.05, 3.63) is 68.8 Å². The summed E-state index contributed by atoms with van der Waals surface area (Å²) >= 11 is 7.18. The topological polar surface area (TPSA) is 41.5 Å². The molecule has 3 rings (SSSR count). The molecule has 0 saturated carbocycles. The maximum absolute atomic E-state index is 13.9. The fourth-order valence-electron chi connectivity index (χ4n) is 2.34. The van der Waals surface area contributed by atoms with Crippen molar-refractivity contribution in [1.82, 2.24) is 5.32 Å². The minimum atomic E-state index is -0.469. The molecule has 0 spiro atoms. The van der Waals surface area contributed by atoms with Crippen LogP contribution >= 0.6 is 23.4 Å². The van der Waals surface area contributed by atoms with Crippen molar-refractivity contribution in [1.29, 1.82) is 0 Å². The highest BCUT2D eigenvalue weighted by molar-refractivity contribution is 8.18. The van der Waals surface area contributed by atoms with E-state index in [-0.39, 0.29) is 16.5 Å². The van der Waals surface area contributed by atoms with Crippen LogP contribution in [0.4, 0.5) is 10.1 Å². The van der Waals surface area contributed by atoms with Crippen LogP contribution in [-0.2, 0) is 4.79 Å². The van der Waals surface area contributed by atoms with Gasteiger partial charge in [-0.1, -0.05) is 35.9 Å². The van der Waals surface area contributed by atoms with Gasteiger partial charge in [-0.2, -0.15) is 0 Å². The number of thioether (sulfide) groups is 1. The number of amidine groups is 1. The van der Waals surface area contributed by atoms with Crippen LogP contribution in [0.2, 0.25) is 5.02 Å². The van der Waals surface area contributed by atoms with E-state index in [0.29, 0.717) is 10.1 Å². The Kier molecular flexibility index (Phi) is 4.73. The Morgan fingerprint density at radius 2 is 1.83 bits per heavy atom. The first kappa shape index (κ1) is 16.7. The second kappa shape index (κ2) is 6.79. The molecule has 0 atom stereocenters. The molecule has 1 aliphatic rings. The van der Waals surface area contributed by atoms with Crippen LogP contribution < -0.4 is 5.32 Å². The monoisotopic (exact) mass is 360 g/mol. The van der Waals surface area contributed by atoms with Gasteiger partial charge >= 0.3 is 0 Å². The van der Waals surface area contributed by atoms with Crippen molar-refractivity contribution in [2.24, 2.45) is 4.99 Å². The molecule has 1 aliphatic heterocycles. The van der Waals surface area contributed by atoms with Gasteiger partial charge in [0.2, 0.25) is 0 Å². The maximum atomic E-state index is 13.9. The number of hydrogen-bond donors (Lipinski definition) is 1. The zero-order valence-corrected chi connectivity index (χ0v) is 14.6. The summed E-state index contributed by atoms with van der Waals surface area (Å²) in [5, 5.41) is 3.44. The summed E-state index contributed by atoms with van der Waals surface area (Å²) in [6.07, 6.45) is 1.45. The van der Waals surface area contributed by atoms with Crippen LogP contribution in [-0.4, -0.2) is 11.1 Å². The third kappa shape index (κ3) is 3.37. The van der Waals surface area contributed by atoms with E-state index in [0.717, 1.165) is 16.8 Å². The van der Waals surface area contributed by atoms with E-state index in [4.69, 9.17) is 11.6 Å². The molecule has 0 aromatic heterocycles. The van der Waals surface area contributed by atoms with Crippen molar-refractivity contribution in [2.75, 3.05) is 0 Å². The molecule has 0 aliphatic carbocycles. The van der Waals surface area contributed by atoms with Gasteiger partial charge < -0.3 is 5.32 Å². The minimum absolute atomic E-state index is 0.199. The van der Waals surface area contributed by atoms with Crippen LogP contribution in [0, 0.1) is 19.7 Å². The normalized spacial score (nSPS) is 17.6. The Bertz CT molecular complexity index is 852. The number of aryl methyl sites for hydroxylation is 2. The van der Waals surface area contributed by atoms with Gasteiger partial charge in [0, 0.05) is 5.56 Å². The van der Waals surface area contributed by atoms with E-state index >= 15 is 0 Å². The predicted octanol–water partition coefficient (Wildman–Crippen LogP) is 4.99. The first-order chi connectivity index (χ1) is 11.5. The Morgan fingerprint density at radius 3 is 2.50 bits per heavy atom. The number of carbonyl (C=O) groups excluding carboxylic acids is 1. The summed E-state index contributed by atoms with van der Waals surface area (Å²) in [4.78, 5) is 17.0. The van der Waals surface area contributed by atoms with Gasteiger partial charge in [-0.3, -0.25) is 4.79 Å². The van der Waals surface area contributed by atoms with E-state index in [1.54, 1.807) is 6.07 Å². The highest BCUT2D eigenvalue weighted by atomic mass is 35.5. The molecule has 24 heavy (non-hydrogen) atoms. The summed E-state index contributed by atoms with van der Waals surface area (Å²) in [7, 11) is 0. The molecule has 2 aromatic rings. The molecule has 1 saturated heterocycles. The number of aliphatic imine (C=N–C) groups is 1. The molecular formula is C18H14ClFN2OS. The SMILES string of the molecule is Cc1cccc(C)c1N=C1NC(=O)/C(=C\c2c(F)cccc2Cl)S1. The van der Waals surface area contributed by atoms with Gasteiger partial charge in [0.05, 0.1) is 15.6 Å². The maximum Gasteiger partial charge on any atom is 0.264 e. The Morgan fingerprint density at radius 1 is 1.17 bits per heavy atom. The molecule has 1 heterocycles. The second-order valence-corrected chi connectivity index (χ2v) is 6.80. The summed E-state index contributed by atoms with van der Waals surface area (Å²) in [5.41, 5.74) is 3.06. The lowest BCUT2D eigenvalue weighted by Gasteiger charge is -2.04. The van der Waals surface area contributed by atoms with Crippen molar-refractivity contribution >= 4 is 46.2 Å². The molecule has 1 N–H and O–H groups in total. The molecular weight excluding hydrogens is 347 g/mol. The number of benzene rings is 2. The second-order valence-electron chi connectivity index (χ2n) is 5.36. The Balaban J connectivity index is 1.94. The van der Waals surface area contributed by atoms with Crippen molar-refractivity contribution in [3.63, 3.8) is 0 Å². The number of nitrogens with one attached hydrogen (secondary N) is 1. The molecule has 1 fully saturated rings. The number of amides is 1. The average Bonchev–Trinajstić information content (AvgIpc) is 2.87. The van der Waals surface area contributed by atoms with Gasteiger partial charge in [-0.05, 0) is 54.9 Å². The summed E-state index contributed by atoms with van der Waals surface area (Å²) < 4.78 is 13.9. The molecule has 0 unspecified atom stereocenters. The smallest absolute Gasteiger partial charge is 0.264 e. The fraction of sp³-hybridized carbons (Fsp3) is 0.111. The first-order valence-corrected chi connectivity index (χ1v) is 8.45. The molecule has 1 amide bonds. The molecule has 0 bridgehead atoms. The number of nitrogens with zero attached hydrogens (tertiary/aromatic N) is 1. The van der Waals surface area contributed by atoms with Crippen LogP contribution in [0.5, 0.6) is 0 Å². The van der Waals surface area contributed by atoms with Crippen molar-refractivity contribution < 1.29 is 9.18 Å². The lowest BCUT2D eigenvalue weighted by molar-refractivity contribution is -0.115. The quantitative estimate of drug-likeness (QED) is 0.767. The van der Waals surface area contributed by atoms with Gasteiger partial charge in [0.15, 0.2) is 5.17 Å². The number of hydrogen-bond acceptors (Lipinski definition) is 3. The molecule has 3 nitrogen and oxygen atoms in total. The standard InChI is InChI=1S/C18H14ClFN2OS/c1-10-5-3-6-11(2)16(10)21-18-22-17(23)15(24-18)9-12-13(19)7-4-8-14(12)20/h3-9H,1-2H3,(H,21,22,23)/b15-9+. The van der Waals surface area contributed by atoms with Crippen LogP contribution in [0.25, 0.3) is 6.08 Å². The molecule has 6 heteroatoms. The van der Waals surface area contributed by atoms with E-state index in [1.807, 2.05) is 32.0 Å². The third-order valence-electron chi connectivity index (χ3n) is 3.58. The highest BCUT2D eigenvalue weighted by Gasteiger charge is 2.25. The zero-order valence-electron chi connectivity index (χ0n) is 13.1.